The minimum absolute atomic E-state index is 0.723. The molecule has 1 aromatic heterocycles. The van der Waals surface area contributed by atoms with Crippen LogP contribution in [0, 0.1) is 6.20 Å². The molecule has 89 valence electrons. The van der Waals surface area contributed by atoms with Crippen molar-refractivity contribution in [3.63, 3.8) is 0 Å². The highest BCUT2D eigenvalue weighted by Crippen LogP contribution is 2.17. The van der Waals surface area contributed by atoms with Gasteiger partial charge in [0.1, 0.15) is 11.9 Å². The summed E-state index contributed by atoms with van der Waals surface area (Å²) in [6.45, 7) is 0.723. The molecule has 3 rings (SSSR count). The van der Waals surface area contributed by atoms with E-state index in [0.717, 1.165) is 28.8 Å². The largest absolute Gasteiger partial charge is 0.497 e. The summed E-state index contributed by atoms with van der Waals surface area (Å²) in [6, 6.07) is 16.1. The van der Waals surface area contributed by atoms with Gasteiger partial charge in [0.15, 0.2) is 0 Å². The first-order chi connectivity index (χ1) is 8.86. The van der Waals surface area contributed by atoms with Crippen molar-refractivity contribution in [2.75, 3.05) is 7.11 Å². The van der Waals surface area contributed by atoms with Gasteiger partial charge in [-0.3, -0.25) is 4.68 Å². The Hall–Kier alpha value is -2.29. The lowest BCUT2D eigenvalue weighted by Gasteiger charge is -2.06. The standard InChI is InChI=1S/C15H13N2O/c1-18-14-7-4-5-12(9-14)11-17-15-8-3-2-6-13(15)10-16-17/h2-9H,11H2,1H3. The molecule has 0 amide bonds. The van der Waals surface area contributed by atoms with Crippen LogP contribution in [-0.4, -0.2) is 16.9 Å². The van der Waals surface area contributed by atoms with Gasteiger partial charge in [-0.15, -0.1) is 0 Å². The van der Waals surface area contributed by atoms with Gasteiger partial charge in [0.05, 0.1) is 19.2 Å². The van der Waals surface area contributed by atoms with E-state index in [0.29, 0.717) is 0 Å². The predicted octanol–water partition coefficient (Wildman–Crippen LogP) is 2.89. The molecule has 2 aromatic carbocycles. The van der Waals surface area contributed by atoms with Crippen LogP contribution in [0.5, 0.6) is 5.75 Å². The van der Waals surface area contributed by atoms with Crippen LogP contribution in [0.3, 0.4) is 0 Å². The van der Waals surface area contributed by atoms with Gasteiger partial charge in [-0.1, -0.05) is 30.3 Å². The molecule has 0 atom stereocenters. The topological polar surface area (TPSA) is 27.1 Å². The Morgan fingerprint density at radius 3 is 2.94 bits per heavy atom. The highest BCUT2D eigenvalue weighted by Gasteiger charge is 2.03. The third kappa shape index (κ3) is 1.95. The van der Waals surface area contributed by atoms with Crippen molar-refractivity contribution in [1.82, 2.24) is 9.78 Å². The van der Waals surface area contributed by atoms with Crippen LogP contribution in [-0.2, 0) is 6.54 Å². The summed E-state index contributed by atoms with van der Waals surface area (Å²) in [5.41, 5.74) is 2.26. The number of hydrogen-bond acceptors (Lipinski definition) is 2. The van der Waals surface area contributed by atoms with E-state index in [1.807, 2.05) is 41.1 Å². The van der Waals surface area contributed by atoms with Gasteiger partial charge >= 0.3 is 0 Å². The molecule has 0 aliphatic rings. The zero-order valence-electron chi connectivity index (χ0n) is 10.1. The van der Waals surface area contributed by atoms with Crippen molar-refractivity contribution in [1.29, 1.82) is 0 Å². The number of nitrogens with zero attached hydrogens (tertiary/aromatic N) is 2. The van der Waals surface area contributed by atoms with Crippen LogP contribution in [0.2, 0.25) is 0 Å². The lowest BCUT2D eigenvalue weighted by atomic mass is 10.2. The third-order valence-corrected chi connectivity index (χ3v) is 2.94. The van der Waals surface area contributed by atoms with E-state index < -0.39 is 0 Å². The maximum Gasteiger partial charge on any atom is 0.121 e. The summed E-state index contributed by atoms with van der Waals surface area (Å²) >= 11 is 0. The molecular weight excluding hydrogens is 224 g/mol. The average molecular weight is 237 g/mol. The second-order valence-electron chi connectivity index (χ2n) is 4.14. The third-order valence-electron chi connectivity index (χ3n) is 2.94. The van der Waals surface area contributed by atoms with Gasteiger partial charge in [-0.25, -0.2) is 0 Å². The number of para-hydroxylation sites is 1. The molecule has 3 aromatic rings. The molecule has 0 unspecified atom stereocenters. The smallest absolute Gasteiger partial charge is 0.121 e. The first-order valence-corrected chi connectivity index (χ1v) is 5.83. The molecule has 0 bridgehead atoms. The van der Waals surface area contributed by atoms with Crippen molar-refractivity contribution in [2.24, 2.45) is 0 Å². The molecular formula is C15H13N2O. The molecule has 0 saturated carbocycles. The maximum absolute atomic E-state index is 5.22. The predicted molar refractivity (Wildman–Crippen MR) is 70.7 cm³/mol. The second-order valence-corrected chi connectivity index (χ2v) is 4.14. The van der Waals surface area contributed by atoms with E-state index in [-0.39, 0.29) is 0 Å². The second kappa shape index (κ2) is 4.53. The molecule has 0 aliphatic carbocycles. The first kappa shape index (κ1) is 10.8. The quantitative estimate of drug-likeness (QED) is 0.700. The van der Waals surface area contributed by atoms with Crippen molar-refractivity contribution in [3.8, 4) is 5.75 Å². The fourth-order valence-corrected chi connectivity index (χ4v) is 2.03. The van der Waals surface area contributed by atoms with E-state index in [4.69, 9.17) is 4.74 Å². The van der Waals surface area contributed by atoms with Gasteiger partial charge < -0.3 is 4.74 Å². The Labute approximate surface area is 106 Å². The fraction of sp³-hybridized carbons (Fsp3) is 0.133. The summed E-state index contributed by atoms with van der Waals surface area (Å²) in [4.78, 5) is 0. The Kier molecular flexibility index (Phi) is 2.73. The highest BCUT2D eigenvalue weighted by molar-refractivity contribution is 5.77. The van der Waals surface area contributed by atoms with E-state index in [1.165, 1.54) is 0 Å². The molecule has 1 radical (unpaired) electrons. The Balaban J connectivity index is 1.96. The number of benzene rings is 2. The summed E-state index contributed by atoms with van der Waals surface area (Å²) in [6.07, 6.45) is 3.02. The average Bonchev–Trinajstić information content (AvgIpc) is 2.83. The van der Waals surface area contributed by atoms with Crippen molar-refractivity contribution in [2.45, 2.75) is 6.54 Å². The number of aromatic nitrogens is 2. The zero-order chi connectivity index (χ0) is 12.4. The monoisotopic (exact) mass is 237 g/mol. The summed E-state index contributed by atoms with van der Waals surface area (Å²) in [5, 5.41) is 5.34. The lowest BCUT2D eigenvalue weighted by molar-refractivity contribution is 0.414. The van der Waals surface area contributed by atoms with Gasteiger partial charge in [0.2, 0.25) is 0 Å². The molecule has 0 aliphatic heterocycles. The first-order valence-electron chi connectivity index (χ1n) is 5.83. The molecule has 0 fully saturated rings. The summed E-state index contributed by atoms with van der Waals surface area (Å²) in [5.74, 6) is 0.868. The number of fused-ring (bicyclic) bond motifs is 1. The van der Waals surface area contributed by atoms with Crippen molar-refractivity contribution >= 4 is 10.9 Å². The van der Waals surface area contributed by atoms with E-state index in [2.05, 4.69) is 23.4 Å². The van der Waals surface area contributed by atoms with Crippen molar-refractivity contribution < 1.29 is 4.74 Å². The molecule has 3 heteroatoms. The molecule has 0 saturated heterocycles. The normalized spacial score (nSPS) is 10.7. The zero-order valence-corrected chi connectivity index (χ0v) is 10.1. The minimum Gasteiger partial charge on any atom is -0.497 e. The molecule has 18 heavy (non-hydrogen) atoms. The molecule has 3 nitrogen and oxygen atoms in total. The Morgan fingerprint density at radius 1 is 1.17 bits per heavy atom. The van der Waals surface area contributed by atoms with E-state index in [1.54, 1.807) is 7.11 Å². The van der Waals surface area contributed by atoms with Gasteiger partial charge in [-0.05, 0) is 23.8 Å². The maximum atomic E-state index is 5.22. The summed E-state index contributed by atoms with van der Waals surface area (Å²) < 4.78 is 7.17. The van der Waals surface area contributed by atoms with Crippen LogP contribution in [0.25, 0.3) is 10.9 Å². The van der Waals surface area contributed by atoms with Crippen molar-refractivity contribution in [3.05, 3.63) is 60.3 Å². The van der Waals surface area contributed by atoms with E-state index in [9.17, 15) is 0 Å². The fourth-order valence-electron chi connectivity index (χ4n) is 2.03. The number of rotatable bonds is 3. The van der Waals surface area contributed by atoms with Gasteiger partial charge in [0.25, 0.3) is 0 Å². The molecule has 0 N–H and O–H groups in total. The van der Waals surface area contributed by atoms with Crippen LogP contribution in [0.15, 0.2) is 48.5 Å². The summed E-state index contributed by atoms with van der Waals surface area (Å²) in [7, 11) is 1.68. The lowest BCUT2D eigenvalue weighted by Crippen LogP contribution is -2.01. The number of ether oxygens (including phenoxy) is 1. The van der Waals surface area contributed by atoms with Crippen LogP contribution in [0.1, 0.15) is 5.56 Å². The SMILES string of the molecule is COc1cccc(Cn2n[c]c3ccccc32)c1. The van der Waals surface area contributed by atoms with E-state index >= 15 is 0 Å². The van der Waals surface area contributed by atoms with Crippen LogP contribution < -0.4 is 4.74 Å². The molecule has 1 heterocycles. The highest BCUT2D eigenvalue weighted by atomic mass is 16.5. The van der Waals surface area contributed by atoms with Crippen LogP contribution in [0.4, 0.5) is 0 Å². The molecule has 0 spiro atoms. The Morgan fingerprint density at radius 2 is 2.06 bits per heavy atom. The number of hydrogen-bond donors (Lipinski definition) is 0. The van der Waals surface area contributed by atoms with Crippen LogP contribution >= 0.6 is 0 Å². The minimum atomic E-state index is 0.723. The Bertz CT molecular complexity index is 673. The van der Waals surface area contributed by atoms with Gasteiger partial charge in [-0.2, -0.15) is 5.10 Å². The van der Waals surface area contributed by atoms with Gasteiger partial charge in [0, 0.05) is 5.39 Å². The number of methoxy groups -OCH3 is 1.